The van der Waals surface area contributed by atoms with Crippen LogP contribution in [0.1, 0.15) is 24.3 Å². The summed E-state index contributed by atoms with van der Waals surface area (Å²) < 4.78 is 19.9. The van der Waals surface area contributed by atoms with Crippen molar-refractivity contribution in [2.24, 2.45) is 0 Å². The standard InChI is InChI=1S/C26H22Cl2FN5O2/c1-16(23-21(27)8-9-22(29)24(23)28)36-20-7-4-5-17(13-20)25-32-14-19(15-33-25)34-26(35)31-12-10-18-6-2-3-11-30-18/h2-9,11,13-16H,10,12H2,1H3,(H2,31,34,35). The molecule has 184 valence electrons. The first-order valence-electron chi connectivity index (χ1n) is 11.1. The summed E-state index contributed by atoms with van der Waals surface area (Å²) >= 11 is 12.3. The van der Waals surface area contributed by atoms with E-state index in [1.807, 2.05) is 24.3 Å². The molecule has 0 saturated carbocycles. The van der Waals surface area contributed by atoms with Gasteiger partial charge >= 0.3 is 6.03 Å². The zero-order valence-corrected chi connectivity index (χ0v) is 20.7. The van der Waals surface area contributed by atoms with E-state index in [1.165, 1.54) is 24.5 Å². The number of nitrogens with zero attached hydrogens (tertiary/aromatic N) is 3. The van der Waals surface area contributed by atoms with E-state index in [1.54, 1.807) is 31.3 Å². The number of carbonyl (C=O) groups is 1. The Morgan fingerprint density at radius 2 is 1.86 bits per heavy atom. The average molecular weight is 526 g/mol. The van der Waals surface area contributed by atoms with Gasteiger partial charge in [0, 0.05) is 41.0 Å². The van der Waals surface area contributed by atoms with Gasteiger partial charge in [-0.05, 0) is 43.3 Å². The average Bonchev–Trinajstić information content (AvgIpc) is 2.88. The third-order valence-corrected chi connectivity index (χ3v) is 5.91. The Labute approximate surface area is 217 Å². The Bertz CT molecular complexity index is 1340. The second-order valence-corrected chi connectivity index (χ2v) is 8.58. The first kappa shape index (κ1) is 25.3. The molecule has 36 heavy (non-hydrogen) atoms. The summed E-state index contributed by atoms with van der Waals surface area (Å²) in [6, 6.07) is 15.1. The molecule has 1 unspecified atom stereocenters. The minimum atomic E-state index is -0.598. The van der Waals surface area contributed by atoms with Crippen LogP contribution in [-0.4, -0.2) is 27.5 Å². The lowest BCUT2D eigenvalue weighted by Crippen LogP contribution is -2.30. The molecule has 7 nitrogen and oxygen atoms in total. The normalized spacial score (nSPS) is 11.6. The van der Waals surface area contributed by atoms with E-state index in [2.05, 4.69) is 25.6 Å². The summed E-state index contributed by atoms with van der Waals surface area (Å²) in [6.07, 6.45) is 4.77. The van der Waals surface area contributed by atoms with Crippen molar-refractivity contribution in [2.45, 2.75) is 19.4 Å². The Balaban J connectivity index is 1.36. The molecule has 2 aromatic heterocycles. The van der Waals surface area contributed by atoms with Crippen LogP contribution in [0, 0.1) is 5.82 Å². The first-order chi connectivity index (χ1) is 17.4. The third kappa shape index (κ3) is 6.47. The minimum absolute atomic E-state index is 0.0710. The number of hydrogen-bond donors (Lipinski definition) is 2. The summed E-state index contributed by atoms with van der Waals surface area (Å²) in [6.45, 7) is 2.18. The van der Waals surface area contributed by atoms with Gasteiger partial charge in [0.1, 0.15) is 17.7 Å². The number of ether oxygens (including phenoxy) is 1. The van der Waals surface area contributed by atoms with Crippen molar-refractivity contribution < 1.29 is 13.9 Å². The van der Waals surface area contributed by atoms with Gasteiger partial charge in [0.2, 0.25) is 0 Å². The van der Waals surface area contributed by atoms with Crippen molar-refractivity contribution in [2.75, 3.05) is 11.9 Å². The van der Waals surface area contributed by atoms with E-state index < -0.39 is 11.9 Å². The summed E-state index contributed by atoms with van der Waals surface area (Å²) in [5.41, 5.74) is 2.41. The molecule has 10 heteroatoms. The quantitative estimate of drug-likeness (QED) is 0.256. The molecule has 0 aliphatic heterocycles. The highest BCUT2D eigenvalue weighted by atomic mass is 35.5. The highest BCUT2D eigenvalue weighted by Crippen LogP contribution is 2.35. The minimum Gasteiger partial charge on any atom is -0.486 e. The summed E-state index contributed by atoms with van der Waals surface area (Å²) in [4.78, 5) is 25.0. The molecule has 0 radical (unpaired) electrons. The highest BCUT2D eigenvalue weighted by Gasteiger charge is 2.19. The molecule has 2 aromatic carbocycles. The molecule has 4 rings (SSSR count). The van der Waals surface area contributed by atoms with Crippen LogP contribution in [0.5, 0.6) is 5.75 Å². The van der Waals surface area contributed by atoms with Crippen molar-refractivity contribution in [1.82, 2.24) is 20.3 Å². The van der Waals surface area contributed by atoms with Crippen LogP contribution >= 0.6 is 23.2 Å². The van der Waals surface area contributed by atoms with Gasteiger partial charge in [0.05, 0.1) is 23.1 Å². The zero-order valence-electron chi connectivity index (χ0n) is 19.2. The van der Waals surface area contributed by atoms with Gasteiger partial charge in [-0.2, -0.15) is 0 Å². The predicted molar refractivity (Wildman–Crippen MR) is 138 cm³/mol. The van der Waals surface area contributed by atoms with E-state index in [9.17, 15) is 9.18 Å². The van der Waals surface area contributed by atoms with Crippen LogP contribution < -0.4 is 15.4 Å². The van der Waals surface area contributed by atoms with Gasteiger partial charge in [-0.25, -0.2) is 19.2 Å². The second kappa shape index (κ2) is 11.8. The van der Waals surface area contributed by atoms with E-state index in [0.29, 0.717) is 46.4 Å². The SMILES string of the molecule is CC(Oc1cccc(-c2ncc(NC(=O)NCCc3ccccn3)cn2)c1)c1c(Cl)ccc(F)c1Cl. The monoisotopic (exact) mass is 525 g/mol. The van der Waals surface area contributed by atoms with Gasteiger partial charge < -0.3 is 15.4 Å². The number of carbonyl (C=O) groups excluding carboxylic acids is 1. The molecular weight excluding hydrogens is 504 g/mol. The van der Waals surface area contributed by atoms with Crippen molar-refractivity contribution in [3.05, 3.63) is 100 Å². The molecule has 0 bridgehead atoms. The Kier molecular flexibility index (Phi) is 8.30. The van der Waals surface area contributed by atoms with Crippen LogP contribution in [0.2, 0.25) is 10.0 Å². The zero-order chi connectivity index (χ0) is 25.5. The Morgan fingerprint density at radius 1 is 1.06 bits per heavy atom. The number of benzene rings is 2. The van der Waals surface area contributed by atoms with Gasteiger partial charge in [-0.3, -0.25) is 4.98 Å². The molecule has 0 aliphatic carbocycles. The summed E-state index contributed by atoms with van der Waals surface area (Å²) in [5.74, 6) is 0.384. The number of aromatic nitrogens is 3. The van der Waals surface area contributed by atoms with Gasteiger partial charge in [-0.1, -0.05) is 41.4 Å². The van der Waals surface area contributed by atoms with Gasteiger partial charge in [0.25, 0.3) is 0 Å². The number of halogens is 3. The van der Waals surface area contributed by atoms with Crippen LogP contribution in [0.3, 0.4) is 0 Å². The number of amides is 2. The van der Waals surface area contributed by atoms with Crippen LogP contribution in [-0.2, 0) is 6.42 Å². The maximum atomic E-state index is 13.9. The number of pyridine rings is 1. The molecule has 2 amide bonds. The lowest BCUT2D eigenvalue weighted by Gasteiger charge is -2.18. The van der Waals surface area contributed by atoms with Crippen LogP contribution in [0.4, 0.5) is 14.9 Å². The predicted octanol–water partition coefficient (Wildman–Crippen LogP) is 6.49. The third-order valence-electron chi connectivity index (χ3n) is 5.19. The van der Waals surface area contributed by atoms with Crippen LogP contribution in [0.25, 0.3) is 11.4 Å². The lowest BCUT2D eigenvalue weighted by molar-refractivity contribution is 0.226. The molecule has 0 spiro atoms. The smallest absolute Gasteiger partial charge is 0.319 e. The maximum absolute atomic E-state index is 13.9. The molecule has 4 aromatic rings. The maximum Gasteiger partial charge on any atom is 0.319 e. The molecule has 1 atom stereocenters. The van der Waals surface area contributed by atoms with E-state index in [-0.39, 0.29) is 11.1 Å². The van der Waals surface area contributed by atoms with Crippen molar-refractivity contribution in [1.29, 1.82) is 0 Å². The first-order valence-corrected chi connectivity index (χ1v) is 11.8. The number of urea groups is 1. The van der Waals surface area contributed by atoms with Gasteiger partial charge in [0.15, 0.2) is 5.82 Å². The summed E-state index contributed by atoms with van der Waals surface area (Å²) in [5, 5.41) is 5.72. The van der Waals surface area contributed by atoms with Crippen molar-refractivity contribution >= 4 is 34.9 Å². The van der Waals surface area contributed by atoms with E-state index in [0.717, 1.165) is 5.69 Å². The molecule has 0 fully saturated rings. The fourth-order valence-corrected chi connectivity index (χ4v) is 4.13. The van der Waals surface area contributed by atoms with E-state index in [4.69, 9.17) is 27.9 Å². The molecule has 2 N–H and O–H groups in total. The molecular formula is C26H22Cl2FN5O2. The lowest BCUT2D eigenvalue weighted by atomic mass is 10.1. The molecule has 0 aliphatic rings. The Morgan fingerprint density at radius 3 is 2.61 bits per heavy atom. The number of hydrogen-bond acceptors (Lipinski definition) is 5. The largest absolute Gasteiger partial charge is 0.486 e. The number of nitrogens with one attached hydrogen (secondary N) is 2. The van der Waals surface area contributed by atoms with Crippen molar-refractivity contribution in [3.8, 4) is 17.1 Å². The Hall–Kier alpha value is -3.75. The van der Waals surface area contributed by atoms with Gasteiger partial charge in [-0.15, -0.1) is 0 Å². The fourth-order valence-electron chi connectivity index (χ4n) is 3.45. The topological polar surface area (TPSA) is 89.0 Å². The van der Waals surface area contributed by atoms with Crippen molar-refractivity contribution in [3.63, 3.8) is 0 Å². The number of rotatable bonds is 8. The molecule has 2 heterocycles. The van der Waals surface area contributed by atoms with E-state index >= 15 is 0 Å². The molecule has 0 saturated heterocycles. The number of anilines is 1. The summed E-state index contributed by atoms with van der Waals surface area (Å²) in [7, 11) is 0. The highest BCUT2D eigenvalue weighted by molar-refractivity contribution is 6.36. The van der Waals surface area contributed by atoms with Crippen LogP contribution in [0.15, 0.2) is 73.2 Å². The fraction of sp³-hybridized carbons (Fsp3) is 0.154. The second-order valence-electron chi connectivity index (χ2n) is 7.79.